The van der Waals surface area contributed by atoms with E-state index in [9.17, 15) is 4.79 Å². The Kier molecular flexibility index (Phi) is 6.70. The minimum absolute atomic E-state index is 0.0191. The topological polar surface area (TPSA) is 47.8 Å². The maximum atomic E-state index is 12.7. The van der Waals surface area contributed by atoms with E-state index in [1.165, 1.54) is 17.3 Å². The summed E-state index contributed by atoms with van der Waals surface area (Å²) >= 11 is 1.53. The maximum absolute atomic E-state index is 12.7. The zero-order valence-electron chi connectivity index (χ0n) is 17.3. The molecule has 0 spiro atoms. The van der Waals surface area contributed by atoms with Crippen LogP contribution in [-0.2, 0) is 23.2 Å². The number of carbonyl (C=O) groups is 1. The molecular formula is C24H27N3OS. The van der Waals surface area contributed by atoms with Crippen molar-refractivity contribution < 1.29 is 4.79 Å². The average molecular weight is 406 g/mol. The molecule has 0 saturated heterocycles. The lowest BCUT2D eigenvalue weighted by molar-refractivity contribution is -0.116. The molecule has 0 bridgehead atoms. The van der Waals surface area contributed by atoms with Crippen LogP contribution in [0.3, 0.4) is 0 Å². The molecule has 0 fully saturated rings. The number of carbonyl (C=O) groups excluding carboxylic acids is 1. The minimum atomic E-state index is 0.0191. The molecule has 5 heteroatoms. The number of nitrogens with zero attached hydrogens (tertiary/aromatic N) is 3. The van der Waals surface area contributed by atoms with Crippen molar-refractivity contribution in [1.82, 2.24) is 14.5 Å². The van der Waals surface area contributed by atoms with Crippen LogP contribution in [0.1, 0.15) is 31.9 Å². The Balaban J connectivity index is 1.73. The molecule has 4 nitrogen and oxygen atoms in total. The van der Waals surface area contributed by atoms with Gasteiger partial charge in [0.1, 0.15) is 11.6 Å². The summed E-state index contributed by atoms with van der Waals surface area (Å²) in [6.45, 7) is 11.0. The molecule has 0 radical (unpaired) electrons. The van der Waals surface area contributed by atoms with Gasteiger partial charge in [0.25, 0.3) is 0 Å². The first-order chi connectivity index (χ1) is 13.9. The highest BCUT2D eigenvalue weighted by atomic mass is 32.2. The molecule has 3 aromatic rings. The number of pyridine rings is 1. The molecule has 29 heavy (non-hydrogen) atoms. The lowest BCUT2D eigenvalue weighted by atomic mass is 9.82. The van der Waals surface area contributed by atoms with Crippen molar-refractivity contribution in [1.29, 1.82) is 0 Å². The third-order valence-electron chi connectivity index (χ3n) is 4.64. The predicted molar refractivity (Wildman–Crippen MR) is 120 cm³/mol. The smallest absolute Gasteiger partial charge is 0.147 e. The second kappa shape index (κ2) is 9.23. The van der Waals surface area contributed by atoms with Gasteiger partial charge in [0.2, 0.25) is 0 Å². The van der Waals surface area contributed by atoms with Gasteiger partial charge in [-0.15, -0.1) is 6.58 Å². The van der Waals surface area contributed by atoms with E-state index in [4.69, 9.17) is 0 Å². The van der Waals surface area contributed by atoms with E-state index in [2.05, 4.69) is 54.0 Å². The summed E-state index contributed by atoms with van der Waals surface area (Å²) in [5.74, 6) is 1.46. The fraction of sp³-hybridized carbons (Fsp3) is 0.292. The van der Waals surface area contributed by atoms with Crippen LogP contribution < -0.4 is 0 Å². The van der Waals surface area contributed by atoms with Crippen molar-refractivity contribution in [3.8, 4) is 11.4 Å². The first-order valence-corrected chi connectivity index (χ1v) is 10.7. The van der Waals surface area contributed by atoms with Crippen molar-refractivity contribution in [3.63, 3.8) is 0 Å². The van der Waals surface area contributed by atoms with Gasteiger partial charge in [0, 0.05) is 30.9 Å². The summed E-state index contributed by atoms with van der Waals surface area (Å²) in [7, 11) is 0. The summed E-state index contributed by atoms with van der Waals surface area (Å²) in [6.07, 6.45) is 7.66. The monoisotopic (exact) mass is 405 g/mol. The van der Waals surface area contributed by atoms with Crippen LogP contribution in [0.4, 0.5) is 0 Å². The Labute approximate surface area is 177 Å². The lowest BCUT2D eigenvalue weighted by Gasteiger charge is -2.22. The quantitative estimate of drug-likeness (QED) is 0.375. The molecule has 0 saturated carbocycles. The normalized spacial score (nSPS) is 11.4. The number of aromatic nitrogens is 3. The summed E-state index contributed by atoms with van der Waals surface area (Å²) in [4.78, 5) is 21.5. The molecular weight excluding hydrogens is 378 g/mol. The average Bonchev–Trinajstić information content (AvgIpc) is 3.10. The molecule has 0 amide bonds. The van der Waals surface area contributed by atoms with Gasteiger partial charge in [0.15, 0.2) is 0 Å². The van der Waals surface area contributed by atoms with Gasteiger partial charge in [-0.25, -0.2) is 4.98 Å². The summed E-state index contributed by atoms with van der Waals surface area (Å²) in [6, 6.07) is 12.1. The van der Waals surface area contributed by atoms with E-state index in [1.807, 2.05) is 36.5 Å². The number of ketones is 1. The van der Waals surface area contributed by atoms with Gasteiger partial charge in [-0.2, -0.15) is 0 Å². The summed E-state index contributed by atoms with van der Waals surface area (Å²) in [5.41, 5.74) is 3.31. The number of allylic oxidation sites excluding steroid dienone is 1. The maximum Gasteiger partial charge on any atom is 0.147 e. The molecule has 150 valence electrons. The number of imidazole rings is 1. The van der Waals surface area contributed by atoms with E-state index in [0.717, 1.165) is 22.0 Å². The largest absolute Gasteiger partial charge is 0.315 e. The second-order valence-electron chi connectivity index (χ2n) is 7.97. The molecule has 0 aliphatic heterocycles. The van der Waals surface area contributed by atoms with Crippen molar-refractivity contribution in [2.45, 2.75) is 44.2 Å². The van der Waals surface area contributed by atoms with E-state index in [1.54, 1.807) is 12.4 Å². The predicted octanol–water partition coefficient (Wildman–Crippen LogP) is 5.33. The molecule has 0 atom stereocenters. The van der Waals surface area contributed by atoms with Crippen molar-refractivity contribution in [3.05, 3.63) is 78.8 Å². The molecule has 1 aromatic carbocycles. The Morgan fingerprint density at radius 2 is 1.97 bits per heavy atom. The zero-order valence-corrected chi connectivity index (χ0v) is 18.1. The van der Waals surface area contributed by atoms with Crippen LogP contribution in [-0.4, -0.2) is 26.1 Å². The highest BCUT2D eigenvalue weighted by Gasteiger charge is 2.19. The van der Waals surface area contributed by atoms with Crippen LogP contribution >= 0.6 is 11.8 Å². The first-order valence-electron chi connectivity index (χ1n) is 9.70. The molecule has 0 N–H and O–H groups in total. The van der Waals surface area contributed by atoms with Gasteiger partial charge in [0.05, 0.1) is 17.0 Å². The minimum Gasteiger partial charge on any atom is -0.315 e. The molecule has 0 aliphatic carbocycles. The van der Waals surface area contributed by atoms with Gasteiger partial charge in [-0.1, -0.05) is 62.9 Å². The third kappa shape index (κ3) is 5.24. The fourth-order valence-corrected chi connectivity index (χ4v) is 4.19. The van der Waals surface area contributed by atoms with Gasteiger partial charge in [-0.05, 0) is 28.7 Å². The molecule has 0 unspecified atom stereocenters. The Bertz CT molecular complexity index is 987. The van der Waals surface area contributed by atoms with Crippen molar-refractivity contribution >= 4 is 17.5 Å². The lowest BCUT2D eigenvalue weighted by Crippen LogP contribution is -2.17. The number of thioether (sulfide) groups is 1. The fourth-order valence-electron chi connectivity index (χ4n) is 3.33. The van der Waals surface area contributed by atoms with Crippen LogP contribution in [0.25, 0.3) is 11.4 Å². The Morgan fingerprint density at radius 3 is 2.66 bits per heavy atom. The van der Waals surface area contributed by atoms with E-state index in [-0.39, 0.29) is 11.2 Å². The molecule has 3 rings (SSSR count). The van der Waals surface area contributed by atoms with E-state index in [0.29, 0.717) is 18.7 Å². The first kappa shape index (κ1) is 21.1. The van der Waals surface area contributed by atoms with E-state index >= 15 is 0 Å². The highest BCUT2D eigenvalue weighted by Crippen LogP contribution is 2.28. The molecule has 2 aromatic heterocycles. The Morgan fingerprint density at radius 1 is 1.17 bits per heavy atom. The number of hydrogen-bond donors (Lipinski definition) is 0. The van der Waals surface area contributed by atoms with E-state index < -0.39 is 0 Å². The van der Waals surface area contributed by atoms with Crippen molar-refractivity contribution in [2.24, 2.45) is 0 Å². The van der Waals surface area contributed by atoms with Gasteiger partial charge < -0.3 is 4.57 Å². The van der Waals surface area contributed by atoms with Crippen LogP contribution in [0.5, 0.6) is 0 Å². The molecule has 0 aliphatic rings. The second-order valence-corrected chi connectivity index (χ2v) is 8.97. The number of hydrogen-bond acceptors (Lipinski definition) is 4. The van der Waals surface area contributed by atoms with Gasteiger partial charge >= 0.3 is 0 Å². The van der Waals surface area contributed by atoms with Crippen molar-refractivity contribution in [2.75, 3.05) is 5.75 Å². The number of benzene rings is 1. The Hall–Kier alpha value is -2.66. The SMILES string of the molecule is C=CCn1c(SCC(=O)Cc2ccccc2C(C)(C)C)cnc1-c1cccnc1. The van der Waals surface area contributed by atoms with Crippen LogP contribution in [0.15, 0.2) is 72.7 Å². The summed E-state index contributed by atoms with van der Waals surface area (Å²) < 4.78 is 2.07. The third-order valence-corrected chi connectivity index (χ3v) is 5.73. The molecule has 2 heterocycles. The summed E-state index contributed by atoms with van der Waals surface area (Å²) in [5, 5.41) is 0.959. The van der Waals surface area contributed by atoms with Crippen LogP contribution in [0.2, 0.25) is 0 Å². The van der Waals surface area contributed by atoms with Crippen LogP contribution in [0, 0.1) is 0 Å². The number of Topliss-reactive ketones (excluding diaryl/α,β-unsaturated/α-hetero) is 1. The standard InChI is InChI=1S/C24H27N3OS/c1-5-13-27-22(16-26-23(27)19-10-8-12-25-15-19)29-17-20(28)14-18-9-6-7-11-21(18)24(2,3)4/h5-12,15-16H,1,13-14,17H2,2-4H3. The zero-order chi connectivity index (χ0) is 20.9. The highest BCUT2D eigenvalue weighted by molar-refractivity contribution is 7.99. The number of rotatable bonds is 8. The van der Waals surface area contributed by atoms with Gasteiger partial charge in [-0.3, -0.25) is 9.78 Å².